The average Bonchev–Trinajstić information content (AvgIpc) is 2.73. The van der Waals surface area contributed by atoms with Crippen LogP contribution in [0.2, 0.25) is 0 Å². The number of hydrogen-bond donors (Lipinski definition) is 0. The predicted octanol–water partition coefficient (Wildman–Crippen LogP) is -0.363. The van der Waals surface area contributed by atoms with Gasteiger partial charge in [-0.15, -0.1) is 5.46 Å². The molecule has 0 unspecified atom stereocenters. The van der Waals surface area contributed by atoms with E-state index in [4.69, 9.17) is 4.74 Å². The van der Waals surface area contributed by atoms with E-state index in [2.05, 4.69) is 4.98 Å². The van der Waals surface area contributed by atoms with Gasteiger partial charge in [-0.05, 0) is 26.0 Å². The summed E-state index contributed by atoms with van der Waals surface area (Å²) in [5.41, 5.74) is -0.378. The molecule has 0 saturated carbocycles. The first kappa shape index (κ1) is 18.8. The Balaban J connectivity index is 0.00000220. The van der Waals surface area contributed by atoms with E-state index in [1.807, 2.05) is 17.7 Å². The molecule has 8 heteroatoms. The molecule has 3 nitrogen and oxygen atoms in total. The van der Waals surface area contributed by atoms with Crippen LogP contribution in [0.1, 0.15) is 11.4 Å². The molecule has 108 valence electrons. The molecule has 0 fully saturated rings. The zero-order chi connectivity index (χ0) is 14.8. The van der Waals surface area contributed by atoms with Crippen molar-refractivity contribution in [3.63, 3.8) is 0 Å². The Morgan fingerprint density at radius 1 is 1.24 bits per heavy atom. The van der Waals surface area contributed by atoms with Crippen LogP contribution in [-0.2, 0) is 6.54 Å². The van der Waals surface area contributed by atoms with Gasteiger partial charge in [-0.1, -0.05) is 11.6 Å². The van der Waals surface area contributed by atoms with Gasteiger partial charge in [0.25, 0.3) is 0 Å². The normalized spacial score (nSPS) is 11.1. The summed E-state index contributed by atoms with van der Waals surface area (Å²) in [6.45, 7) is -0.655. The van der Waals surface area contributed by atoms with E-state index in [0.717, 1.165) is 11.9 Å². The Hall–Kier alpha value is -0.279. The topological polar surface area (TPSA) is 27.1 Å². The van der Waals surface area contributed by atoms with Gasteiger partial charge in [0, 0.05) is 12.4 Å². The molecule has 0 radical (unpaired) electrons. The van der Waals surface area contributed by atoms with Crippen molar-refractivity contribution in [2.75, 3.05) is 6.61 Å². The zero-order valence-electron chi connectivity index (χ0n) is 12.3. The van der Waals surface area contributed by atoms with E-state index < -0.39 is 12.4 Å². The van der Waals surface area contributed by atoms with Gasteiger partial charge in [0.15, 0.2) is 0 Å². The van der Waals surface area contributed by atoms with Crippen LogP contribution in [0, 0.1) is 13.8 Å². The van der Waals surface area contributed by atoms with Gasteiger partial charge in [0.2, 0.25) is 0 Å². The molecular formula is C13H15BF3KN2O. The second-order valence-corrected chi connectivity index (χ2v) is 4.61. The number of ether oxygens (including phenoxy) is 1. The number of imidazole rings is 1. The van der Waals surface area contributed by atoms with Gasteiger partial charge < -0.3 is 22.3 Å². The molecular weight excluding hydrogens is 307 g/mol. The van der Waals surface area contributed by atoms with Gasteiger partial charge in [0.05, 0.1) is 6.54 Å². The molecule has 2 rings (SSSR count). The van der Waals surface area contributed by atoms with Crippen LogP contribution in [0.3, 0.4) is 0 Å². The molecule has 1 heterocycles. The number of aryl methyl sites for hydroxylation is 2. The van der Waals surface area contributed by atoms with Crippen molar-refractivity contribution in [1.82, 2.24) is 9.55 Å². The summed E-state index contributed by atoms with van der Waals surface area (Å²) in [7, 11) is 0. The second kappa shape index (κ2) is 7.82. The summed E-state index contributed by atoms with van der Waals surface area (Å²) >= 11 is 0. The van der Waals surface area contributed by atoms with E-state index in [-0.39, 0.29) is 56.9 Å². The minimum absolute atomic E-state index is 0. The molecule has 0 saturated heterocycles. The van der Waals surface area contributed by atoms with Gasteiger partial charge in [0.1, 0.15) is 18.2 Å². The zero-order valence-corrected chi connectivity index (χ0v) is 15.4. The van der Waals surface area contributed by atoms with Gasteiger partial charge in [-0.2, -0.15) is 0 Å². The standard InChI is InChI=1S/C13H15BF3N2O.K/c1-10-9-12(3-4-13(10)14(15,16)17)20-8-7-19-6-5-18-11(19)2;/h3-6,9H,7-8H2,1-2H3;/q-1;+1. The molecule has 0 bridgehead atoms. The molecule has 0 N–H and O–H groups in total. The van der Waals surface area contributed by atoms with Gasteiger partial charge in [-0.25, -0.2) is 4.98 Å². The molecule has 1 aromatic heterocycles. The number of benzene rings is 1. The Morgan fingerprint density at radius 2 is 1.95 bits per heavy atom. The molecule has 0 spiro atoms. The maximum Gasteiger partial charge on any atom is 1.00 e. The van der Waals surface area contributed by atoms with Crippen LogP contribution < -0.4 is 61.6 Å². The summed E-state index contributed by atoms with van der Waals surface area (Å²) in [5.74, 6) is 1.32. The Bertz CT molecular complexity index is 601. The maximum atomic E-state index is 12.7. The molecule has 0 aliphatic rings. The fraction of sp³-hybridized carbons (Fsp3) is 0.308. The van der Waals surface area contributed by atoms with Crippen molar-refractivity contribution in [2.24, 2.45) is 0 Å². The smallest absolute Gasteiger partial charge is 0.492 e. The first-order valence-electron chi connectivity index (χ1n) is 6.29. The number of halogens is 3. The van der Waals surface area contributed by atoms with E-state index in [9.17, 15) is 12.9 Å². The minimum Gasteiger partial charge on any atom is -0.492 e. The molecule has 21 heavy (non-hydrogen) atoms. The molecule has 2 aromatic rings. The summed E-state index contributed by atoms with van der Waals surface area (Å²) in [4.78, 5) is 4.08. The Morgan fingerprint density at radius 3 is 2.48 bits per heavy atom. The number of nitrogens with zero attached hydrogens (tertiary/aromatic N) is 2. The molecule has 1 aromatic carbocycles. The van der Waals surface area contributed by atoms with Crippen molar-refractivity contribution in [1.29, 1.82) is 0 Å². The molecule has 0 aliphatic carbocycles. The summed E-state index contributed by atoms with van der Waals surface area (Å²) < 4.78 is 45.4. The van der Waals surface area contributed by atoms with E-state index in [1.165, 1.54) is 19.1 Å². The first-order chi connectivity index (χ1) is 9.38. The third kappa shape index (κ3) is 5.14. The molecule has 0 amide bonds. The van der Waals surface area contributed by atoms with Crippen LogP contribution in [0.25, 0.3) is 0 Å². The van der Waals surface area contributed by atoms with E-state index in [1.54, 1.807) is 6.20 Å². The fourth-order valence-corrected chi connectivity index (χ4v) is 2.01. The third-order valence-electron chi connectivity index (χ3n) is 3.12. The minimum atomic E-state index is -4.97. The predicted molar refractivity (Wildman–Crippen MR) is 72.4 cm³/mol. The number of hydrogen-bond acceptors (Lipinski definition) is 2. The largest absolute Gasteiger partial charge is 1.00 e. The summed E-state index contributed by atoms with van der Waals surface area (Å²) in [5, 5.41) is 0. The first-order valence-corrected chi connectivity index (χ1v) is 6.29. The fourth-order valence-electron chi connectivity index (χ4n) is 2.01. The van der Waals surface area contributed by atoms with Gasteiger partial charge in [-0.3, -0.25) is 0 Å². The van der Waals surface area contributed by atoms with Crippen LogP contribution in [-0.4, -0.2) is 23.1 Å². The summed E-state index contributed by atoms with van der Waals surface area (Å²) in [6, 6.07) is 3.86. The van der Waals surface area contributed by atoms with E-state index >= 15 is 0 Å². The quantitative estimate of drug-likeness (QED) is 0.703. The van der Waals surface area contributed by atoms with Crippen LogP contribution in [0.5, 0.6) is 5.75 Å². The SMILES string of the molecule is Cc1cc(OCCn2ccnc2C)ccc1[B-](F)(F)F.[K+]. The monoisotopic (exact) mass is 322 g/mol. The molecule has 0 aliphatic heterocycles. The number of aromatic nitrogens is 2. The van der Waals surface area contributed by atoms with Crippen molar-refractivity contribution < 1.29 is 69.1 Å². The number of rotatable bonds is 5. The third-order valence-corrected chi connectivity index (χ3v) is 3.12. The van der Waals surface area contributed by atoms with E-state index in [0.29, 0.717) is 18.9 Å². The van der Waals surface area contributed by atoms with Crippen molar-refractivity contribution in [2.45, 2.75) is 20.4 Å². The van der Waals surface area contributed by atoms with Crippen molar-refractivity contribution in [3.8, 4) is 5.75 Å². The second-order valence-electron chi connectivity index (χ2n) is 4.61. The Kier molecular flexibility index (Phi) is 6.99. The Labute approximate surface area is 164 Å². The van der Waals surface area contributed by atoms with Crippen LogP contribution >= 0.6 is 0 Å². The van der Waals surface area contributed by atoms with Gasteiger partial charge >= 0.3 is 58.4 Å². The summed E-state index contributed by atoms with van der Waals surface area (Å²) in [6.07, 6.45) is 3.53. The average molecular weight is 322 g/mol. The maximum absolute atomic E-state index is 12.7. The van der Waals surface area contributed by atoms with Crippen molar-refractivity contribution in [3.05, 3.63) is 42.0 Å². The molecule has 0 atom stereocenters. The van der Waals surface area contributed by atoms with Crippen molar-refractivity contribution >= 4 is 12.4 Å². The van der Waals surface area contributed by atoms with Crippen LogP contribution in [0.15, 0.2) is 30.6 Å². The van der Waals surface area contributed by atoms with Crippen LogP contribution in [0.4, 0.5) is 12.9 Å².